The lowest BCUT2D eigenvalue weighted by Crippen LogP contribution is -2.45. The highest BCUT2D eigenvalue weighted by Gasteiger charge is 2.26. The van der Waals surface area contributed by atoms with Crippen molar-refractivity contribution in [3.05, 3.63) is 32.4 Å². The lowest BCUT2D eigenvalue weighted by molar-refractivity contribution is 0.0661. The van der Waals surface area contributed by atoms with Gasteiger partial charge in [-0.05, 0) is 66.5 Å². The number of hydrogen-bond donors (Lipinski definition) is 1. The highest BCUT2D eigenvalue weighted by Crippen LogP contribution is 2.23. The largest absolute Gasteiger partial charge is 0.338 e. The summed E-state index contributed by atoms with van der Waals surface area (Å²) in [5, 5.41) is 0.632. The average molecular weight is 429 g/mol. The lowest BCUT2D eigenvalue weighted by atomic mass is 9.92. The summed E-state index contributed by atoms with van der Waals surface area (Å²) in [6.07, 6.45) is 2.13. The molecule has 1 aliphatic rings. The molecule has 6 heteroatoms. The van der Waals surface area contributed by atoms with Crippen molar-refractivity contribution in [3.63, 3.8) is 0 Å². The minimum atomic E-state index is 0. The monoisotopic (exact) mass is 428 g/mol. The molecule has 2 unspecified atom stereocenters. The number of likely N-dealkylation sites (tertiary alicyclic amines) is 1. The molecule has 1 aliphatic heterocycles. The van der Waals surface area contributed by atoms with E-state index < -0.39 is 0 Å². The standard InChI is InChI=1S/C14H18ClIN2O.ClH/c1-9(17)11-3-2-6-18(8-11)14(19)10-4-5-13(16)12(15)7-10;/h4-5,7,9,11H,2-3,6,8,17H2,1H3;1H. The summed E-state index contributed by atoms with van der Waals surface area (Å²) in [7, 11) is 0. The topological polar surface area (TPSA) is 46.3 Å². The zero-order chi connectivity index (χ0) is 14.0. The Morgan fingerprint density at radius 3 is 2.85 bits per heavy atom. The van der Waals surface area contributed by atoms with E-state index in [1.165, 1.54) is 0 Å². The first-order valence-electron chi connectivity index (χ1n) is 6.49. The van der Waals surface area contributed by atoms with Crippen LogP contribution in [0.5, 0.6) is 0 Å². The molecule has 1 aromatic carbocycles. The van der Waals surface area contributed by atoms with Crippen molar-refractivity contribution < 1.29 is 4.79 Å². The molecule has 2 atom stereocenters. The van der Waals surface area contributed by atoms with E-state index in [1.54, 1.807) is 6.07 Å². The molecule has 0 spiro atoms. The van der Waals surface area contributed by atoms with Gasteiger partial charge in [0.05, 0.1) is 5.02 Å². The number of amides is 1. The van der Waals surface area contributed by atoms with Crippen molar-refractivity contribution in [1.82, 2.24) is 4.90 Å². The fourth-order valence-corrected chi connectivity index (χ4v) is 2.95. The second-order valence-electron chi connectivity index (χ2n) is 5.14. The smallest absolute Gasteiger partial charge is 0.253 e. The Balaban J connectivity index is 0.00000200. The summed E-state index contributed by atoms with van der Waals surface area (Å²) < 4.78 is 0.961. The third-order valence-electron chi connectivity index (χ3n) is 3.66. The second-order valence-corrected chi connectivity index (χ2v) is 6.71. The highest BCUT2D eigenvalue weighted by molar-refractivity contribution is 14.1. The van der Waals surface area contributed by atoms with Crippen molar-refractivity contribution in [2.24, 2.45) is 11.7 Å². The van der Waals surface area contributed by atoms with Gasteiger partial charge in [-0.3, -0.25) is 4.79 Å². The molecule has 3 nitrogen and oxygen atoms in total. The molecule has 1 heterocycles. The van der Waals surface area contributed by atoms with Crippen LogP contribution in [0.1, 0.15) is 30.1 Å². The normalized spacial score (nSPS) is 20.2. The van der Waals surface area contributed by atoms with Crippen LogP contribution in [-0.4, -0.2) is 29.9 Å². The second kappa shape index (κ2) is 7.82. The Hall–Kier alpha value is -0.0400. The number of piperidine rings is 1. The van der Waals surface area contributed by atoms with Gasteiger partial charge < -0.3 is 10.6 Å². The van der Waals surface area contributed by atoms with Gasteiger partial charge >= 0.3 is 0 Å². The minimum Gasteiger partial charge on any atom is -0.338 e. The molecule has 20 heavy (non-hydrogen) atoms. The first-order valence-corrected chi connectivity index (χ1v) is 7.94. The zero-order valence-corrected chi connectivity index (χ0v) is 15.0. The first kappa shape index (κ1) is 18.0. The van der Waals surface area contributed by atoms with Crippen molar-refractivity contribution in [2.45, 2.75) is 25.8 Å². The zero-order valence-electron chi connectivity index (χ0n) is 11.3. The fourth-order valence-electron chi connectivity index (χ4n) is 2.44. The van der Waals surface area contributed by atoms with Crippen LogP contribution in [0.15, 0.2) is 18.2 Å². The molecular weight excluding hydrogens is 410 g/mol. The summed E-state index contributed by atoms with van der Waals surface area (Å²) >= 11 is 8.24. The number of nitrogens with zero attached hydrogens (tertiary/aromatic N) is 1. The van der Waals surface area contributed by atoms with Gasteiger partial charge in [-0.1, -0.05) is 11.6 Å². The third-order valence-corrected chi connectivity index (χ3v) is 5.23. The van der Waals surface area contributed by atoms with Crippen molar-refractivity contribution in [2.75, 3.05) is 13.1 Å². The van der Waals surface area contributed by atoms with Gasteiger partial charge in [0.1, 0.15) is 0 Å². The van der Waals surface area contributed by atoms with Gasteiger partial charge in [0.2, 0.25) is 0 Å². The van der Waals surface area contributed by atoms with Gasteiger partial charge in [-0.2, -0.15) is 0 Å². The van der Waals surface area contributed by atoms with Crippen LogP contribution in [0.2, 0.25) is 5.02 Å². The van der Waals surface area contributed by atoms with E-state index in [0.29, 0.717) is 16.5 Å². The van der Waals surface area contributed by atoms with E-state index in [9.17, 15) is 4.79 Å². The predicted molar refractivity (Wildman–Crippen MR) is 93.7 cm³/mol. The molecule has 1 saturated heterocycles. The van der Waals surface area contributed by atoms with Gasteiger partial charge in [0.25, 0.3) is 5.91 Å². The van der Waals surface area contributed by atoms with E-state index >= 15 is 0 Å². The number of halogens is 3. The Labute approximate surface area is 144 Å². The van der Waals surface area contributed by atoms with Crippen LogP contribution >= 0.6 is 46.6 Å². The maximum atomic E-state index is 12.5. The van der Waals surface area contributed by atoms with Gasteiger partial charge in [0, 0.05) is 28.3 Å². The fraction of sp³-hybridized carbons (Fsp3) is 0.500. The number of hydrogen-bond acceptors (Lipinski definition) is 2. The maximum Gasteiger partial charge on any atom is 0.253 e. The first-order chi connectivity index (χ1) is 8.99. The number of rotatable bonds is 2. The van der Waals surface area contributed by atoms with Gasteiger partial charge in [-0.15, -0.1) is 12.4 Å². The summed E-state index contributed by atoms with van der Waals surface area (Å²) in [6, 6.07) is 5.60. The molecule has 1 fully saturated rings. The highest BCUT2D eigenvalue weighted by atomic mass is 127. The maximum absolute atomic E-state index is 12.5. The SMILES string of the molecule is CC(N)C1CCCN(C(=O)c2ccc(I)c(Cl)c2)C1.Cl. The van der Waals surface area contributed by atoms with Crippen molar-refractivity contribution >= 4 is 52.5 Å². The van der Waals surface area contributed by atoms with Crippen LogP contribution in [0, 0.1) is 9.49 Å². The predicted octanol–water partition coefficient (Wildman–Crippen LogP) is 3.57. The van der Waals surface area contributed by atoms with Crippen LogP contribution in [-0.2, 0) is 0 Å². The Kier molecular flexibility index (Phi) is 7.04. The van der Waals surface area contributed by atoms with E-state index in [2.05, 4.69) is 22.6 Å². The summed E-state index contributed by atoms with van der Waals surface area (Å²) in [4.78, 5) is 14.4. The van der Waals surface area contributed by atoms with Gasteiger partial charge in [-0.25, -0.2) is 0 Å². The summed E-state index contributed by atoms with van der Waals surface area (Å²) in [5.41, 5.74) is 6.61. The average Bonchev–Trinajstić information content (AvgIpc) is 2.41. The van der Waals surface area contributed by atoms with E-state index in [4.69, 9.17) is 17.3 Å². The molecule has 0 radical (unpaired) electrons. The molecule has 2 N–H and O–H groups in total. The van der Waals surface area contributed by atoms with Crippen molar-refractivity contribution in [1.29, 1.82) is 0 Å². The molecule has 1 amide bonds. The van der Waals surface area contributed by atoms with Crippen LogP contribution in [0.3, 0.4) is 0 Å². The van der Waals surface area contributed by atoms with Crippen molar-refractivity contribution in [3.8, 4) is 0 Å². The van der Waals surface area contributed by atoms with E-state index in [0.717, 1.165) is 29.5 Å². The number of carbonyl (C=O) groups excluding carboxylic acids is 1. The number of nitrogens with two attached hydrogens (primary N) is 1. The number of benzene rings is 1. The Morgan fingerprint density at radius 1 is 1.55 bits per heavy atom. The summed E-state index contributed by atoms with van der Waals surface area (Å²) in [6.45, 7) is 3.58. The molecular formula is C14H19Cl2IN2O. The van der Waals surface area contributed by atoms with E-state index in [1.807, 2.05) is 24.0 Å². The Bertz CT molecular complexity index is 482. The molecule has 2 rings (SSSR count). The Morgan fingerprint density at radius 2 is 2.25 bits per heavy atom. The molecule has 0 saturated carbocycles. The lowest BCUT2D eigenvalue weighted by Gasteiger charge is -2.34. The third kappa shape index (κ3) is 4.23. The van der Waals surface area contributed by atoms with Crippen LogP contribution < -0.4 is 5.73 Å². The molecule has 1 aromatic rings. The summed E-state index contributed by atoms with van der Waals surface area (Å²) in [5.74, 6) is 0.459. The minimum absolute atomic E-state index is 0. The molecule has 112 valence electrons. The molecule has 0 aromatic heterocycles. The number of carbonyl (C=O) groups is 1. The van der Waals surface area contributed by atoms with Crippen LogP contribution in [0.4, 0.5) is 0 Å². The quantitative estimate of drug-likeness (QED) is 0.732. The van der Waals surface area contributed by atoms with E-state index in [-0.39, 0.29) is 24.4 Å². The van der Waals surface area contributed by atoms with Crippen LogP contribution in [0.25, 0.3) is 0 Å². The van der Waals surface area contributed by atoms with Gasteiger partial charge in [0.15, 0.2) is 0 Å². The molecule has 0 aliphatic carbocycles. The molecule has 0 bridgehead atoms.